The number of aryl methyl sites for hydroxylation is 1. The molecule has 0 aliphatic carbocycles. The number of oxazole rings is 1. The smallest absolute Gasteiger partial charge is 0.275 e. The molecule has 2 aromatic heterocycles. The van der Waals surface area contributed by atoms with Gasteiger partial charge in [0, 0.05) is 16.6 Å². The number of thiazole rings is 1. The maximum atomic E-state index is 12.1. The van der Waals surface area contributed by atoms with Crippen LogP contribution in [0.25, 0.3) is 22.6 Å². The van der Waals surface area contributed by atoms with Crippen molar-refractivity contribution < 1.29 is 9.21 Å². The van der Waals surface area contributed by atoms with E-state index in [4.69, 9.17) is 4.42 Å². The second-order valence-corrected chi connectivity index (χ2v) is 6.33. The maximum absolute atomic E-state index is 12.1. The van der Waals surface area contributed by atoms with Crippen molar-refractivity contribution in [3.63, 3.8) is 0 Å². The number of hydrogen-bond acceptors (Lipinski definition) is 5. The van der Waals surface area contributed by atoms with Crippen LogP contribution in [-0.2, 0) is 0 Å². The van der Waals surface area contributed by atoms with E-state index in [1.165, 1.54) is 11.3 Å². The molecule has 0 fully saturated rings. The van der Waals surface area contributed by atoms with Crippen molar-refractivity contribution in [2.75, 3.05) is 5.32 Å². The van der Waals surface area contributed by atoms with E-state index in [1.807, 2.05) is 55.5 Å². The van der Waals surface area contributed by atoms with Gasteiger partial charge in [-0.3, -0.25) is 4.79 Å². The highest BCUT2D eigenvalue weighted by atomic mass is 32.1. The van der Waals surface area contributed by atoms with Crippen LogP contribution in [0.15, 0.2) is 58.3 Å². The van der Waals surface area contributed by atoms with E-state index in [0.29, 0.717) is 17.3 Å². The summed E-state index contributed by atoms with van der Waals surface area (Å²) in [5.41, 5.74) is 3.56. The third-order valence-electron chi connectivity index (χ3n) is 3.54. The van der Waals surface area contributed by atoms with Crippen molar-refractivity contribution in [1.82, 2.24) is 9.97 Å². The molecule has 4 aromatic rings. The van der Waals surface area contributed by atoms with Gasteiger partial charge in [0.15, 0.2) is 5.58 Å². The van der Waals surface area contributed by atoms with Crippen molar-refractivity contribution in [2.45, 2.75) is 6.92 Å². The molecule has 2 heterocycles. The van der Waals surface area contributed by atoms with Gasteiger partial charge < -0.3 is 9.73 Å². The van der Waals surface area contributed by atoms with Crippen LogP contribution in [0.2, 0.25) is 0 Å². The van der Waals surface area contributed by atoms with Crippen LogP contribution in [0.1, 0.15) is 15.5 Å². The number of hydrogen-bond donors (Lipinski definition) is 1. The summed E-state index contributed by atoms with van der Waals surface area (Å²) in [7, 11) is 0. The number of anilines is 1. The third-order valence-corrected chi connectivity index (χ3v) is 4.31. The van der Waals surface area contributed by atoms with Crippen molar-refractivity contribution >= 4 is 34.0 Å². The number of carbonyl (C=O) groups is 1. The van der Waals surface area contributed by atoms with Gasteiger partial charge in [-0.05, 0) is 43.3 Å². The molecule has 118 valence electrons. The van der Waals surface area contributed by atoms with Crippen molar-refractivity contribution in [1.29, 1.82) is 0 Å². The molecule has 0 radical (unpaired) electrons. The lowest BCUT2D eigenvalue weighted by molar-refractivity contribution is 0.102. The number of aromatic nitrogens is 2. The zero-order valence-electron chi connectivity index (χ0n) is 12.8. The fraction of sp³-hybridized carbons (Fsp3) is 0.0556. The summed E-state index contributed by atoms with van der Waals surface area (Å²) in [5.74, 6) is 0.346. The highest BCUT2D eigenvalue weighted by Crippen LogP contribution is 2.25. The van der Waals surface area contributed by atoms with E-state index in [-0.39, 0.29) is 5.91 Å². The first-order valence-electron chi connectivity index (χ1n) is 7.38. The predicted molar refractivity (Wildman–Crippen MR) is 94.2 cm³/mol. The molecule has 5 nitrogen and oxygen atoms in total. The van der Waals surface area contributed by atoms with Gasteiger partial charge in [0.05, 0.1) is 5.01 Å². The molecule has 0 aliphatic heterocycles. The number of carbonyl (C=O) groups excluding carboxylic acids is 1. The number of amides is 1. The molecule has 2 aromatic carbocycles. The Morgan fingerprint density at radius 2 is 1.88 bits per heavy atom. The number of rotatable bonds is 3. The quantitative estimate of drug-likeness (QED) is 0.598. The van der Waals surface area contributed by atoms with Gasteiger partial charge in [-0.1, -0.05) is 12.1 Å². The van der Waals surface area contributed by atoms with Crippen molar-refractivity contribution in [3.8, 4) is 11.5 Å². The monoisotopic (exact) mass is 335 g/mol. The Morgan fingerprint density at radius 3 is 2.58 bits per heavy atom. The molecular formula is C18H13N3O2S. The van der Waals surface area contributed by atoms with Gasteiger partial charge in [-0.2, -0.15) is 0 Å². The number of nitrogens with zero attached hydrogens (tertiary/aromatic N) is 2. The Hall–Kier alpha value is -2.99. The second kappa shape index (κ2) is 5.90. The summed E-state index contributed by atoms with van der Waals surface area (Å²) in [6.07, 6.45) is 0. The van der Waals surface area contributed by atoms with Gasteiger partial charge in [0.1, 0.15) is 11.2 Å². The summed E-state index contributed by atoms with van der Waals surface area (Å²) in [6, 6.07) is 15.0. The minimum atomic E-state index is -0.214. The lowest BCUT2D eigenvalue weighted by Gasteiger charge is -2.03. The van der Waals surface area contributed by atoms with Gasteiger partial charge in [0.25, 0.3) is 5.91 Å². The zero-order valence-corrected chi connectivity index (χ0v) is 13.6. The second-order valence-electron chi connectivity index (χ2n) is 5.27. The molecule has 0 spiro atoms. The van der Waals surface area contributed by atoms with Crippen LogP contribution in [0.3, 0.4) is 0 Å². The summed E-state index contributed by atoms with van der Waals surface area (Å²) in [5, 5.41) is 5.45. The van der Waals surface area contributed by atoms with Gasteiger partial charge in [0.2, 0.25) is 5.89 Å². The average Bonchev–Trinajstić information content (AvgIpc) is 3.21. The Kier molecular flexibility index (Phi) is 3.59. The molecule has 0 saturated heterocycles. The van der Waals surface area contributed by atoms with E-state index in [9.17, 15) is 4.79 Å². The largest absolute Gasteiger partial charge is 0.436 e. The molecule has 6 heteroatoms. The predicted octanol–water partition coefficient (Wildman–Crippen LogP) is 4.51. The van der Waals surface area contributed by atoms with Crippen LogP contribution in [-0.4, -0.2) is 15.9 Å². The molecule has 0 unspecified atom stereocenters. The van der Waals surface area contributed by atoms with Gasteiger partial charge in [-0.25, -0.2) is 9.97 Å². The Labute approximate surface area is 142 Å². The molecular weight excluding hydrogens is 322 g/mol. The van der Waals surface area contributed by atoms with E-state index in [2.05, 4.69) is 15.3 Å². The number of nitrogens with one attached hydrogen (secondary N) is 1. The standard InChI is InChI=1S/C18H13N3O2S/c1-11-19-15(10-24-11)17(22)20-13-8-6-12(7-9-13)18-21-14-4-2-3-5-16(14)23-18/h2-10H,1H3,(H,20,22). The van der Waals surface area contributed by atoms with Gasteiger partial charge in [-0.15, -0.1) is 11.3 Å². The van der Waals surface area contributed by atoms with Crippen LogP contribution in [0.4, 0.5) is 5.69 Å². The van der Waals surface area contributed by atoms with Crippen LogP contribution in [0, 0.1) is 6.92 Å². The molecule has 0 saturated carbocycles. The molecule has 1 amide bonds. The summed E-state index contributed by atoms with van der Waals surface area (Å²) in [6.45, 7) is 1.87. The fourth-order valence-corrected chi connectivity index (χ4v) is 2.95. The lowest BCUT2D eigenvalue weighted by Crippen LogP contribution is -2.12. The number of para-hydroxylation sites is 2. The summed E-state index contributed by atoms with van der Waals surface area (Å²) < 4.78 is 5.74. The number of fused-ring (bicyclic) bond motifs is 1. The summed E-state index contributed by atoms with van der Waals surface area (Å²) in [4.78, 5) is 20.7. The molecule has 0 atom stereocenters. The first-order valence-corrected chi connectivity index (χ1v) is 8.26. The molecule has 1 N–H and O–H groups in total. The fourth-order valence-electron chi connectivity index (χ4n) is 2.35. The van der Waals surface area contributed by atoms with Crippen LogP contribution < -0.4 is 5.32 Å². The third kappa shape index (κ3) is 2.79. The highest BCUT2D eigenvalue weighted by molar-refractivity contribution is 7.09. The SMILES string of the molecule is Cc1nc(C(=O)Nc2ccc(-c3nc4ccccc4o3)cc2)cs1. The average molecular weight is 335 g/mol. The van der Waals surface area contributed by atoms with E-state index >= 15 is 0 Å². The Bertz CT molecular complexity index is 985. The van der Waals surface area contributed by atoms with Gasteiger partial charge >= 0.3 is 0 Å². The topological polar surface area (TPSA) is 68.0 Å². The minimum Gasteiger partial charge on any atom is -0.436 e. The van der Waals surface area contributed by atoms with Crippen molar-refractivity contribution in [3.05, 3.63) is 64.6 Å². The van der Waals surface area contributed by atoms with E-state index in [1.54, 1.807) is 5.38 Å². The van der Waals surface area contributed by atoms with E-state index in [0.717, 1.165) is 21.7 Å². The zero-order chi connectivity index (χ0) is 16.5. The number of benzene rings is 2. The van der Waals surface area contributed by atoms with Crippen LogP contribution in [0.5, 0.6) is 0 Å². The Morgan fingerprint density at radius 1 is 1.08 bits per heavy atom. The highest BCUT2D eigenvalue weighted by Gasteiger charge is 2.11. The molecule has 4 rings (SSSR count). The minimum absolute atomic E-state index is 0.214. The molecule has 0 bridgehead atoms. The molecule has 24 heavy (non-hydrogen) atoms. The summed E-state index contributed by atoms with van der Waals surface area (Å²) >= 11 is 1.45. The first-order chi connectivity index (χ1) is 11.7. The first kappa shape index (κ1) is 14.6. The Balaban J connectivity index is 1.55. The van der Waals surface area contributed by atoms with Crippen molar-refractivity contribution in [2.24, 2.45) is 0 Å². The van der Waals surface area contributed by atoms with Crippen LogP contribution >= 0.6 is 11.3 Å². The lowest BCUT2D eigenvalue weighted by atomic mass is 10.2. The normalized spacial score (nSPS) is 10.9. The molecule has 0 aliphatic rings. The maximum Gasteiger partial charge on any atom is 0.275 e. The van der Waals surface area contributed by atoms with E-state index < -0.39 is 0 Å².